The van der Waals surface area contributed by atoms with Crippen molar-refractivity contribution in [1.29, 1.82) is 0 Å². The topological polar surface area (TPSA) is 213 Å². The number of aromatic carboxylic acids is 1. The molecule has 82 heavy (non-hydrogen) atoms. The molecule has 0 aromatic heterocycles. The Bertz CT molecular complexity index is 3090. The molecule has 7 N–H and O–H groups in total. The molecule has 8 spiro atoms. The number of phenols is 2. The zero-order chi connectivity index (χ0) is 56.4. The minimum Gasteiger partial charge on any atom is -0.507 e. The molecule has 13 nitrogen and oxygen atoms in total. The lowest BCUT2D eigenvalue weighted by molar-refractivity contribution is -0.339. The Balaban J connectivity index is 0.833. The number of Topliss-reactive ketones (excluding diaryl/α,β-unsaturated/α-hetero) is 1. The standard InChI is InChI=1S/C69H90O13/c1-38-49(39(2)71)54(73)51-43(53(38)72)25-40(59(77)78)26-47(51)80-60-55(74)56(75)69-29-44-45-28-63(34-65(19-9-10-20-65)68(36-63)35-62(15-5-6-16-62)33-66(68)22-21-61(32-66)13-3-4-14-61)27-41-31-79-37-67(23-24-70,52(41)45)46-12-11-42(50(44)46)48(82-69)30-64(17-7-8-18-64)57(76)58(69)81-60/h12,25-26,41,44-45,48,52,55-58,60,70,72-76H,3-11,13-24,27-37H2,1-2H3,(H,77,78). The molecule has 0 radical (unpaired) electrons. The van der Waals surface area contributed by atoms with Crippen LogP contribution in [0, 0.1) is 73.9 Å². The van der Waals surface area contributed by atoms with Crippen LogP contribution in [0.3, 0.4) is 0 Å². The Morgan fingerprint density at radius 1 is 0.744 bits per heavy atom. The molecule has 10 aliphatic carbocycles. The maximum absolute atomic E-state index is 13.5. The van der Waals surface area contributed by atoms with Gasteiger partial charge in [0, 0.05) is 35.0 Å². The van der Waals surface area contributed by atoms with Gasteiger partial charge in [-0.1, -0.05) is 57.4 Å². The van der Waals surface area contributed by atoms with Crippen molar-refractivity contribution in [2.24, 2.45) is 67.0 Å². The number of aliphatic hydroxyl groups is 4. The Morgan fingerprint density at radius 2 is 1.43 bits per heavy atom. The van der Waals surface area contributed by atoms with E-state index in [1.165, 1.54) is 165 Å². The molecule has 3 saturated heterocycles. The van der Waals surface area contributed by atoms with E-state index in [0.717, 1.165) is 38.5 Å². The smallest absolute Gasteiger partial charge is 0.335 e. The van der Waals surface area contributed by atoms with Crippen molar-refractivity contribution in [3.05, 3.63) is 51.6 Å². The van der Waals surface area contributed by atoms with Gasteiger partial charge in [-0.3, -0.25) is 4.79 Å². The van der Waals surface area contributed by atoms with E-state index in [1.54, 1.807) is 0 Å². The average Bonchev–Trinajstić information content (AvgIpc) is 1.99. The predicted octanol–water partition coefficient (Wildman–Crippen LogP) is 11.8. The minimum absolute atomic E-state index is 0.0622. The van der Waals surface area contributed by atoms with E-state index in [1.807, 2.05) is 0 Å². The number of carboxylic acids is 1. The number of ketones is 1. The van der Waals surface area contributed by atoms with Crippen LogP contribution in [-0.2, 0) is 14.2 Å². The third-order valence-corrected chi connectivity index (χ3v) is 28.0. The highest BCUT2D eigenvalue weighted by atomic mass is 16.7. The van der Waals surface area contributed by atoms with Crippen molar-refractivity contribution < 1.29 is 64.3 Å². The molecule has 4 aliphatic heterocycles. The Labute approximate surface area is 483 Å². The summed E-state index contributed by atoms with van der Waals surface area (Å²) in [4.78, 5) is 25.8. The largest absolute Gasteiger partial charge is 0.507 e. The van der Waals surface area contributed by atoms with Crippen molar-refractivity contribution in [3.63, 3.8) is 0 Å². The number of fused-ring (bicyclic) bond motifs is 7. The van der Waals surface area contributed by atoms with Crippen molar-refractivity contribution in [2.75, 3.05) is 19.8 Å². The summed E-state index contributed by atoms with van der Waals surface area (Å²) in [5.74, 6) is -2.53. The van der Waals surface area contributed by atoms with Crippen LogP contribution in [0.15, 0.2) is 34.9 Å². The number of carbonyl (C=O) groups excluding carboxylic acids is 1. The van der Waals surface area contributed by atoms with Gasteiger partial charge in [-0.05, 0) is 234 Å². The van der Waals surface area contributed by atoms with Crippen molar-refractivity contribution in [3.8, 4) is 17.2 Å². The summed E-state index contributed by atoms with van der Waals surface area (Å²) < 4.78 is 28.5. The summed E-state index contributed by atoms with van der Waals surface area (Å²) in [6, 6.07) is 2.38. The van der Waals surface area contributed by atoms with Gasteiger partial charge in [-0.25, -0.2) is 4.79 Å². The number of aliphatic hydroxyl groups excluding tert-OH is 4. The van der Waals surface area contributed by atoms with E-state index in [0.29, 0.717) is 66.0 Å². The molecule has 4 heterocycles. The normalized spacial score (nSPS) is 43.9. The Kier molecular flexibility index (Phi) is 11.8. The molecular formula is C69H90O13. The number of hydrogen-bond donors (Lipinski definition) is 7. The van der Waals surface area contributed by atoms with E-state index < -0.39 is 71.1 Å². The molecule has 2 aromatic rings. The molecule has 13 heteroatoms. The van der Waals surface area contributed by atoms with Gasteiger partial charge in [0.1, 0.15) is 41.2 Å². The number of carboxylic acid groups (broad SMARTS) is 1. The number of aromatic hydroxyl groups is 2. The SMILES string of the molecule is CC(=O)c1c(C)c(O)c2cc(C(=O)O)cc(OC3OC4C(O)C5(CCCC5)CC5OC4(CC4C6=C5CC=C6C5(CCO)COCC6CC7(CC4C65)CC4(CCCC4)C4(C7)CC5(CCCC5)CC45CCC4(CCCC4)C5)C(O)C3O)c2c1O. The molecule has 2 aromatic carbocycles. The maximum atomic E-state index is 13.5. The molecule has 2 bridgehead atoms. The number of phenolic OH excluding ortho intramolecular Hbond substituents is 2. The number of ether oxygens (including phenoxy) is 4. The Morgan fingerprint density at radius 3 is 2.15 bits per heavy atom. The van der Waals surface area contributed by atoms with Crippen LogP contribution in [0.25, 0.3) is 10.8 Å². The molecule has 9 saturated carbocycles. The highest BCUT2D eigenvalue weighted by molar-refractivity contribution is 6.11. The van der Waals surface area contributed by atoms with Crippen LogP contribution in [0.2, 0.25) is 0 Å². The third kappa shape index (κ3) is 6.94. The van der Waals surface area contributed by atoms with Crippen molar-refractivity contribution >= 4 is 22.5 Å². The molecule has 15 unspecified atom stereocenters. The lowest BCUT2D eigenvalue weighted by Gasteiger charge is -2.64. The second-order valence-electron chi connectivity index (χ2n) is 31.4. The fourth-order valence-electron chi connectivity index (χ4n) is 25.8. The van der Waals surface area contributed by atoms with Crippen LogP contribution in [0.4, 0.5) is 0 Å². The summed E-state index contributed by atoms with van der Waals surface area (Å²) in [5.41, 5.74) is 2.90. The first-order valence-corrected chi connectivity index (χ1v) is 32.8. The fourth-order valence-corrected chi connectivity index (χ4v) is 25.8. The number of hydrogen-bond acceptors (Lipinski definition) is 12. The first-order chi connectivity index (χ1) is 39.3. The molecule has 444 valence electrons. The monoisotopic (exact) mass is 1130 g/mol. The highest BCUT2D eigenvalue weighted by Crippen LogP contribution is 2.87. The maximum Gasteiger partial charge on any atom is 0.335 e. The zero-order valence-corrected chi connectivity index (χ0v) is 48.7. The van der Waals surface area contributed by atoms with Gasteiger partial charge in [0.2, 0.25) is 6.29 Å². The van der Waals surface area contributed by atoms with Gasteiger partial charge in [-0.15, -0.1) is 0 Å². The number of rotatable bonds is 6. The summed E-state index contributed by atoms with van der Waals surface area (Å²) in [6.45, 7) is 4.07. The fraction of sp³-hybridized carbons (Fsp3) is 0.768. The van der Waals surface area contributed by atoms with Gasteiger partial charge in [0.05, 0.1) is 35.3 Å². The molecular weight excluding hydrogens is 1040 g/mol. The van der Waals surface area contributed by atoms with E-state index >= 15 is 0 Å². The number of carbonyl (C=O) groups is 2. The minimum atomic E-state index is -1.79. The van der Waals surface area contributed by atoms with E-state index in [-0.39, 0.29) is 74.3 Å². The molecule has 14 aliphatic rings. The van der Waals surface area contributed by atoms with E-state index in [9.17, 15) is 45.3 Å². The van der Waals surface area contributed by atoms with E-state index in [2.05, 4.69) is 6.08 Å². The lowest BCUT2D eigenvalue weighted by Crippen LogP contribution is -2.72. The van der Waals surface area contributed by atoms with Crippen LogP contribution in [0.1, 0.15) is 219 Å². The first kappa shape index (κ1) is 53.9. The number of benzene rings is 2. The highest BCUT2D eigenvalue weighted by Gasteiger charge is 2.79. The average molecular weight is 1130 g/mol. The van der Waals surface area contributed by atoms with Gasteiger partial charge in [-0.2, -0.15) is 0 Å². The van der Waals surface area contributed by atoms with Crippen LogP contribution in [-0.4, -0.2) is 110 Å². The summed E-state index contributed by atoms with van der Waals surface area (Å²) in [5, 5.41) is 84.7. The van der Waals surface area contributed by atoms with Gasteiger partial charge >= 0.3 is 5.97 Å². The lowest BCUT2D eigenvalue weighted by atomic mass is 9.42. The third-order valence-electron chi connectivity index (χ3n) is 28.0. The van der Waals surface area contributed by atoms with Crippen molar-refractivity contribution in [1.82, 2.24) is 0 Å². The van der Waals surface area contributed by atoms with Crippen LogP contribution >= 0.6 is 0 Å². The second kappa shape index (κ2) is 18.0. The molecule has 0 amide bonds. The van der Waals surface area contributed by atoms with Gasteiger partial charge in [0.25, 0.3) is 0 Å². The van der Waals surface area contributed by atoms with Crippen LogP contribution < -0.4 is 4.74 Å². The quantitative estimate of drug-likeness (QED) is 0.106. The van der Waals surface area contributed by atoms with Crippen molar-refractivity contribution in [2.45, 2.75) is 242 Å². The number of allylic oxidation sites excluding steroid dienone is 2. The molecule has 12 fully saturated rings. The van der Waals surface area contributed by atoms with Gasteiger partial charge < -0.3 is 54.7 Å². The molecule has 15 atom stereocenters. The van der Waals surface area contributed by atoms with Gasteiger partial charge in [0.15, 0.2) is 5.78 Å². The molecule has 16 rings (SSSR count). The summed E-state index contributed by atoms with van der Waals surface area (Å²) in [6.07, 6.45) is 28.4. The summed E-state index contributed by atoms with van der Waals surface area (Å²) in [7, 11) is 0. The summed E-state index contributed by atoms with van der Waals surface area (Å²) >= 11 is 0. The van der Waals surface area contributed by atoms with E-state index in [4.69, 9.17) is 18.9 Å². The van der Waals surface area contributed by atoms with Crippen LogP contribution in [0.5, 0.6) is 17.2 Å². The predicted molar refractivity (Wildman–Crippen MR) is 304 cm³/mol. The Hall–Kier alpha value is -3.56. The zero-order valence-electron chi connectivity index (χ0n) is 48.7. The first-order valence-electron chi connectivity index (χ1n) is 32.8. The second-order valence-corrected chi connectivity index (χ2v) is 31.4.